The van der Waals surface area contributed by atoms with Gasteiger partial charge < -0.3 is 14.8 Å². The molecule has 9 heteroatoms. The van der Waals surface area contributed by atoms with Crippen molar-refractivity contribution < 1.29 is 22.7 Å². The average molecular weight is 453 g/mol. The fraction of sp³-hybridized carbons (Fsp3) is 0.381. The van der Waals surface area contributed by atoms with E-state index in [1.807, 2.05) is 6.92 Å². The molecular formula is C21H28N2O5S2. The van der Waals surface area contributed by atoms with Gasteiger partial charge in [-0.25, -0.2) is 8.42 Å². The van der Waals surface area contributed by atoms with Crippen LogP contribution in [0.15, 0.2) is 42.5 Å². The lowest BCUT2D eigenvalue weighted by molar-refractivity contribution is -0.119. The smallest absolute Gasteiger partial charge is 0.240 e. The van der Waals surface area contributed by atoms with E-state index in [2.05, 4.69) is 29.6 Å². The second kappa shape index (κ2) is 11.1. The number of anilines is 1. The molecule has 0 heterocycles. The number of carbonyl (C=O) groups is 1. The number of ether oxygens (including phenoxy) is 2. The summed E-state index contributed by atoms with van der Waals surface area (Å²) < 4.78 is 35.9. The summed E-state index contributed by atoms with van der Waals surface area (Å²) in [6.07, 6.45) is 1.06. The molecular weight excluding hydrogens is 424 g/mol. The average Bonchev–Trinajstić information content (AvgIpc) is 2.71. The topological polar surface area (TPSA) is 84.9 Å². The van der Waals surface area contributed by atoms with Crippen LogP contribution in [0.2, 0.25) is 0 Å². The number of nitrogens with one attached hydrogen (secondary N) is 1. The summed E-state index contributed by atoms with van der Waals surface area (Å²) >= 11 is 1.71. The Morgan fingerprint density at radius 2 is 1.73 bits per heavy atom. The zero-order valence-corrected chi connectivity index (χ0v) is 19.3. The van der Waals surface area contributed by atoms with E-state index in [0.717, 1.165) is 22.1 Å². The van der Waals surface area contributed by atoms with Crippen LogP contribution >= 0.6 is 11.8 Å². The van der Waals surface area contributed by atoms with Gasteiger partial charge in [-0.2, -0.15) is 11.8 Å². The molecule has 0 unspecified atom stereocenters. The van der Waals surface area contributed by atoms with Gasteiger partial charge in [0.05, 0.1) is 26.2 Å². The van der Waals surface area contributed by atoms with Crippen LogP contribution in [0.5, 0.6) is 11.5 Å². The van der Waals surface area contributed by atoms with Crippen LogP contribution in [0, 0.1) is 6.92 Å². The van der Waals surface area contributed by atoms with Crippen molar-refractivity contribution in [3.8, 4) is 11.5 Å². The molecule has 2 rings (SSSR count). The summed E-state index contributed by atoms with van der Waals surface area (Å²) in [5.41, 5.74) is 2.79. The van der Waals surface area contributed by atoms with Crippen molar-refractivity contribution in [3.05, 3.63) is 53.6 Å². The summed E-state index contributed by atoms with van der Waals surface area (Å²) in [5, 5.41) is 2.78. The van der Waals surface area contributed by atoms with Gasteiger partial charge in [-0.3, -0.25) is 9.10 Å². The van der Waals surface area contributed by atoms with E-state index in [1.54, 1.807) is 23.9 Å². The van der Waals surface area contributed by atoms with Crippen LogP contribution in [-0.2, 0) is 20.6 Å². The highest BCUT2D eigenvalue weighted by atomic mass is 32.2. The Morgan fingerprint density at radius 3 is 2.33 bits per heavy atom. The van der Waals surface area contributed by atoms with Crippen molar-refractivity contribution in [1.29, 1.82) is 0 Å². The van der Waals surface area contributed by atoms with E-state index >= 15 is 0 Å². The first kappa shape index (κ1) is 23.9. The van der Waals surface area contributed by atoms with Crippen LogP contribution in [0.4, 0.5) is 5.69 Å². The molecule has 164 valence electrons. The molecule has 0 saturated carbocycles. The Morgan fingerprint density at radius 1 is 1.07 bits per heavy atom. The summed E-state index contributed by atoms with van der Waals surface area (Å²) in [6.45, 7) is 2.20. The highest BCUT2D eigenvalue weighted by molar-refractivity contribution is 7.98. The molecule has 0 fully saturated rings. The van der Waals surface area contributed by atoms with Gasteiger partial charge in [-0.1, -0.05) is 29.8 Å². The zero-order chi connectivity index (χ0) is 22.1. The number of sulfonamides is 1. The molecule has 0 spiro atoms. The van der Waals surface area contributed by atoms with Crippen molar-refractivity contribution >= 4 is 33.4 Å². The number of hydrogen-bond donors (Lipinski definition) is 1. The second-order valence-corrected chi connectivity index (χ2v) is 9.71. The number of aryl methyl sites for hydroxylation is 1. The fourth-order valence-electron chi connectivity index (χ4n) is 2.70. The Balaban J connectivity index is 1.90. The van der Waals surface area contributed by atoms with Gasteiger partial charge in [-0.05, 0) is 24.6 Å². The maximum Gasteiger partial charge on any atom is 0.240 e. The predicted molar refractivity (Wildman–Crippen MR) is 122 cm³/mol. The lowest BCUT2D eigenvalue weighted by Gasteiger charge is -2.23. The number of carbonyl (C=O) groups excluding carboxylic acids is 1. The number of benzene rings is 2. The molecule has 0 aliphatic carbocycles. The first-order chi connectivity index (χ1) is 14.2. The van der Waals surface area contributed by atoms with Crippen molar-refractivity contribution in [2.24, 2.45) is 0 Å². The Bertz CT molecular complexity index is 946. The minimum atomic E-state index is -3.66. The molecule has 2 aromatic rings. The predicted octanol–water partition coefficient (Wildman–Crippen LogP) is 2.83. The van der Waals surface area contributed by atoms with E-state index in [4.69, 9.17) is 9.47 Å². The monoisotopic (exact) mass is 452 g/mol. The molecule has 2 aromatic carbocycles. The molecule has 1 N–H and O–H groups in total. The highest BCUT2D eigenvalue weighted by Gasteiger charge is 2.22. The van der Waals surface area contributed by atoms with Crippen LogP contribution < -0.4 is 19.1 Å². The third-order valence-electron chi connectivity index (χ3n) is 4.30. The normalized spacial score (nSPS) is 11.1. The van der Waals surface area contributed by atoms with E-state index < -0.39 is 10.0 Å². The molecule has 0 radical (unpaired) electrons. The lowest BCUT2D eigenvalue weighted by atomic mass is 10.2. The standard InChI is InChI=1S/C21H28N2O5S2/c1-16-5-7-17(8-6-16)15-29-12-11-22-21(24)14-23(30(4,25)26)18-9-10-19(27-2)20(13-18)28-3/h5-10,13H,11-12,14-15H2,1-4H3,(H,22,24). The number of thioether (sulfide) groups is 1. The highest BCUT2D eigenvalue weighted by Crippen LogP contribution is 2.32. The van der Waals surface area contributed by atoms with Gasteiger partial charge in [0.1, 0.15) is 6.54 Å². The summed E-state index contributed by atoms with van der Waals surface area (Å²) in [7, 11) is -0.700. The van der Waals surface area contributed by atoms with E-state index in [9.17, 15) is 13.2 Å². The van der Waals surface area contributed by atoms with E-state index in [1.165, 1.54) is 31.4 Å². The molecule has 0 bridgehead atoms. The third kappa shape index (κ3) is 7.14. The van der Waals surface area contributed by atoms with Gasteiger partial charge in [0, 0.05) is 24.1 Å². The largest absolute Gasteiger partial charge is 0.493 e. The van der Waals surface area contributed by atoms with E-state index in [0.29, 0.717) is 23.7 Å². The van der Waals surface area contributed by atoms with E-state index in [-0.39, 0.29) is 12.5 Å². The van der Waals surface area contributed by atoms with Crippen LogP contribution in [-0.4, -0.2) is 53.6 Å². The molecule has 1 amide bonds. The molecule has 0 aliphatic heterocycles. The lowest BCUT2D eigenvalue weighted by Crippen LogP contribution is -2.41. The second-order valence-electron chi connectivity index (χ2n) is 6.70. The Kier molecular flexibility index (Phi) is 8.86. The van der Waals surface area contributed by atoms with Gasteiger partial charge in [0.15, 0.2) is 11.5 Å². The first-order valence-electron chi connectivity index (χ1n) is 9.34. The molecule has 0 aliphatic rings. The van der Waals surface area contributed by atoms with Crippen molar-refractivity contribution in [2.45, 2.75) is 12.7 Å². The quantitative estimate of drug-likeness (QED) is 0.528. The molecule has 0 aromatic heterocycles. The van der Waals surface area contributed by atoms with Crippen LogP contribution in [0.25, 0.3) is 0 Å². The number of rotatable bonds is 11. The Hall–Kier alpha value is -2.39. The molecule has 0 atom stereocenters. The minimum absolute atomic E-state index is 0.309. The SMILES string of the molecule is COc1ccc(N(CC(=O)NCCSCc2ccc(C)cc2)S(C)(=O)=O)cc1OC. The summed E-state index contributed by atoms with van der Waals surface area (Å²) in [6, 6.07) is 13.0. The number of hydrogen-bond acceptors (Lipinski definition) is 6. The maximum atomic E-state index is 12.3. The number of nitrogens with zero attached hydrogens (tertiary/aromatic N) is 1. The Labute approximate surface area is 182 Å². The molecule has 0 saturated heterocycles. The first-order valence-corrected chi connectivity index (χ1v) is 12.3. The van der Waals surface area contributed by atoms with Gasteiger partial charge in [0.2, 0.25) is 15.9 Å². The van der Waals surface area contributed by atoms with Crippen LogP contribution in [0.1, 0.15) is 11.1 Å². The summed E-state index contributed by atoms with van der Waals surface area (Å²) in [5.74, 6) is 2.08. The summed E-state index contributed by atoms with van der Waals surface area (Å²) in [4.78, 5) is 12.3. The fourth-order valence-corrected chi connectivity index (χ4v) is 4.37. The maximum absolute atomic E-state index is 12.3. The molecule has 7 nitrogen and oxygen atoms in total. The zero-order valence-electron chi connectivity index (χ0n) is 17.7. The third-order valence-corrected chi connectivity index (χ3v) is 6.47. The number of amides is 1. The van der Waals surface area contributed by atoms with Gasteiger partial charge in [-0.15, -0.1) is 0 Å². The van der Waals surface area contributed by atoms with Crippen LogP contribution in [0.3, 0.4) is 0 Å². The van der Waals surface area contributed by atoms with Gasteiger partial charge in [0.25, 0.3) is 0 Å². The van der Waals surface area contributed by atoms with Crippen molar-refractivity contribution in [1.82, 2.24) is 5.32 Å². The molecule has 30 heavy (non-hydrogen) atoms. The van der Waals surface area contributed by atoms with Gasteiger partial charge >= 0.3 is 0 Å². The van der Waals surface area contributed by atoms with Crippen molar-refractivity contribution in [2.75, 3.05) is 43.6 Å². The minimum Gasteiger partial charge on any atom is -0.493 e. The van der Waals surface area contributed by atoms with Crippen molar-refractivity contribution in [3.63, 3.8) is 0 Å². The number of methoxy groups -OCH3 is 2.